The van der Waals surface area contributed by atoms with Crippen LogP contribution in [0.25, 0.3) is 0 Å². The Morgan fingerprint density at radius 1 is 0.896 bits per heavy atom. The maximum absolute atomic E-state index is 14.7. The lowest BCUT2D eigenvalue weighted by Gasteiger charge is -2.42. The molecule has 3 amide bonds. The van der Waals surface area contributed by atoms with Gasteiger partial charge in [-0.1, -0.05) is 78.7 Å². The van der Waals surface area contributed by atoms with E-state index in [0.717, 1.165) is 59.9 Å². The Morgan fingerprint density at radius 2 is 1.62 bits per heavy atom. The van der Waals surface area contributed by atoms with Crippen molar-refractivity contribution in [3.63, 3.8) is 0 Å². The second-order valence-corrected chi connectivity index (χ2v) is 13.5. The average Bonchev–Trinajstić information content (AvgIpc) is 3.46. The van der Waals surface area contributed by atoms with Crippen molar-refractivity contribution in [1.29, 1.82) is 0 Å². The Morgan fingerprint density at radius 3 is 2.38 bits per heavy atom. The van der Waals surface area contributed by atoms with E-state index < -0.39 is 24.1 Å². The number of carbonyl (C=O) groups is 4. The molecule has 0 bridgehead atoms. The summed E-state index contributed by atoms with van der Waals surface area (Å²) >= 11 is 0. The molecule has 0 radical (unpaired) electrons. The fourth-order valence-corrected chi connectivity index (χ4v) is 7.78. The predicted molar refractivity (Wildman–Crippen MR) is 183 cm³/mol. The van der Waals surface area contributed by atoms with E-state index in [1.54, 1.807) is 9.80 Å². The lowest BCUT2D eigenvalue weighted by molar-refractivity contribution is -0.147. The zero-order chi connectivity index (χ0) is 33.8. The lowest BCUT2D eigenvalue weighted by atomic mass is 9.87. The number of anilines is 1. The Kier molecular flexibility index (Phi) is 10.1. The largest absolute Gasteiger partial charge is 0.481 e. The average molecular weight is 652 g/mol. The van der Waals surface area contributed by atoms with Crippen LogP contribution in [0.1, 0.15) is 79.3 Å². The van der Waals surface area contributed by atoms with E-state index in [9.17, 15) is 24.3 Å². The molecule has 252 valence electrons. The fraction of sp³-hybridized carbons (Fsp3) is 0.436. The van der Waals surface area contributed by atoms with Crippen LogP contribution >= 0.6 is 0 Å². The third kappa shape index (κ3) is 7.25. The number of nitrogens with zero attached hydrogens (tertiary/aromatic N) is 3. The summed E-state index contributed by atoms with van der Waals surface area (Å²) in [5, 5.41) is 9.78. The number of para-hydroxylation sites is 1. The Bertz CT molecular complexity index is 1670. The number of hydrogen-bond donors (Lipinski definition) is 1. The molecule has 9 nitrogen and oxygen atoms in total. The first-order valence-electron chi connectivity index (χ1n) is 17.2. The second kappa shape index (κ2) is 14.6. The number of ether oxygens (including phenoxy) is 1. The van der Waals surface area contributed by atoms with E-state index in [4.69, 9.17) is 4.74 Å². The Hall–Kier alpha value is -4.66. The summed E-state index contributed by atoms with van der Waals surface area (Å²) in [6.07, 6.45) is 5.12. The third-order valence-corrected chi connectivity index (χ3v) is 10.1. The van der Waals surface area contributed by atoms with Crippen LogP contribution in [-0.4, -0.2) is 70.1 Å². The molecule has 1 fully saturated rings. The maximum Gasteiger partial charge on any atom is 0.415 e. The normalized spacial score (nSPS) is 20.5. The van der Waals surface area contributed by atoms with Crippen molar-refractivity contribution in [3.05, 3.63) is 101 Å². The van der Waals surface area contributed by atoms with Gasteiger partial charge in [-0.15, -0.1) is 0 Å². The van der Waals surface area contributed by atoms with Gasteiger partial charge in [0.1, 0.15) is 12.1 Å². The van der Waals surface area contributed by atoms with E-state index in [0.29, 0.717) is 24.9 Å². The minimum atomic E-state index is -0.979. The highest BCUT2D eigenvalue weighted by Gasteiger charge is 2.43. The van der Waals surface area contributed by atoms with Crippen LogP contribution in [0.3, 0.4) is 0 Å². The number of carboxylic acids is 1. The number of rotatable bonds is 9. The summed E-state index contributed by atoms with van der Waals surface area (Å²) in [7, 11) is 0. The van der Waals surface area contributed by atoms with Crippen LogP contribution in [0, 0.1) is 6.92 Å². The van der Waals surface area contributed by atoms with Gasteiger partial charge in [0.05, 0.1) is 24.7 Å². The summed E-state index contributed by atoms with van der Waals surface area (Å²) in [5.41, 5.74) is 5.68. The number of amides is 3. The van der Waals surface area contributed by atoms with E-state index in [-0.39, 0.29) is 43.5 Å². The smallest absolute Gasteiger partial charge is 0.415 e. The van der Waals surface area contributed by atoms with E-state index in [2.05, 4.69) is 6.07 Å². The fourth-order valence-electron chi connectivity index (χ4n) is 7.78. The van der Waals surface area contributed by atoms with Crippen molar-refractivity contribution < 1.29 is 29.0 Å². The predicted octanol–water partition coefficient (Wildman–Crippen LogP) is 6.26. The minimum Gasteiger partial charge on any atom is -0.481 e. The molecule has 3 aromatic carbocycles. The number of aryl methyl sites for hydroxylation is 1. The van der Waals surface area contributed by atoms with Gasteiger partial charge in [-0.2, -0.15) is 0 Å². The molecule has 9 heteroatoms. The highest BCUT2D eigenvalue weighted by Crippen LogP contribution is 2.36. The molecule has 1 saturated carbocycles. The van der Waals surface area contributed by atoms with Crippen LogP contribution in [-0.2, 0) is 38.4 Å². The van der Waals surface area contributed by atoms with Gasteiger partial charge < -0.3 is 19.6 Å². The molecule has 48 heavy (non-hydrogen) atoms. The van der Waals surface area contributed by atoms with Crippen molar-refractivity contribution in [2.24, 2.45) is 0 Å². The first-order valence-corrected chi connectivity index (χ1v) is 17.2. The lowest BCUT2D eigenvalue weighted by Crippen LogP contribution is -2.55. The van der Waals surface area contributed by atoms with Gasteiger partial charge in [-0.3, -0.25) is 19.3 Å². The summed E-state index contributed by atoms with van der Waals surface area (Å²) in [4.78, 5) is 59.5. The molecule has 0 saturated heterocycles. The van der Waals surface area contributed by atoms with Gasteiger partial charge in [0.15, 0.2) is 0 Å². The van der Waals surface area contributed by atoms with Gasteiger partial charge in [-0.25, -0.2) is 4.79 Å². The van der Waals surface area contributed by atoms with Crippen molar-refractivity contribution in [2.45, 2.75) is 95.9 Å². The van der Waals surface area contributed by atoms with Crippen LogP contribution < -0.4 is 4.90 Å². The van der Waals surface area contributed by atoms with Crippen LogP contribution in [0.4, 0.5) is 10.5 Å². The molecule has 3 atom stereocenters. The van der Waals surface area contributed by atoms with Crippen molar-refractivity contribution in [3.8, 4) is 0 Å². The third-order valence-electron chi connectivity index (χ3n) is 10.1. The minimum absolute atomic E-state index is 0.177. The molecular weight excluding hydrogens is 606 g/mol. The standard InChI is InChI=1S/C39H45N3O6/c1-26-11-10-12-28(21-26)19-20-40(25-36(43)41-27(2)33-17-8-6-13-29(33)22-31(41)24-37(44)45)38(46)35-23-30-14-7-9-18-34(30)42(35)39(47)48-32-15-4-3-5-16-32/h6-14,17-18,21,27,31-32,35H,3-5,15-16,19-20,22-25H2,1-2H3,(H,44,45)/t27?,31?,35-/m1/s1. The van der Waals surface area contributed by atoms with Crippen molar-refractivity contribution >= 4 is 29.6 Å². The molecule has 3 aromatic rings. The van der Waals surface area contributed by atoms with Crippen LogP contribution in [0.5, 0.6) is 0 Å². The maximum atomic E-state index is 14.7. The topological polar surface area (TPSA) is 107 Å². The zero-order valence-corrected chi connectivity index (χ0v) is 27.8. The van der Waals surface area contributed by atoms with Gasteiger partial charge >= 0.3 is 12.1 Å². The Labute approximate surface area is 282 Å². The summed E-state index contributed by atoms with van der Waals surface area (Å²) in [5.74, 6) is -1.62. The summed E-state index contributed by atoms with van der Waals surface area (Å²) in [6.45, 7) is 3.96. The first kappa shape index (κ1) is 33.2. The molecule has 1 aliphatic carbocycles. The number of carboxylic acid groups (broad SMARTS) is 1. The molecule has 6 rings (SSSR count). The van der Waals surface area contributed by atoms with E-state index in [1.807, 2.05) is 80.6 Å². The van der Waals surface area contributed by atoms with Crippen molar-refractivity contribution in [1.82, 2.24) is 9.80 Å². The quantitative estimate of drug-likeness (QED) is 0.293. The van der Waals surface area contributed by atoms with Gasteiger partial charge in [-0.05, 0) is 80.7 Å². The molecule has 0 aromatic heterocycles. The van der Waals surface area contributed by atoms with E-state index >= 15 is 0 Å². The number of carbonyl (C=O) groups excluding carboxylic acids is 3. The van der Waals surface area contributed by atoms with Gasteiger partial charge in [0, 0.05) is 19.0 Å². The summed E-state index contributed by atoms with van der Waals surface area (Å²) in [6, 6.07) is 21.6. The zero-order valence-electron chi connectivity index (χ0n) is 27.8. The first-order chi connectivity index (χ1) is 23.2. The van der Waals surface area contributed by atoms with Crippen molar-refractivity contribution in [2.75, 3.05) is 18.0 Å². The number of hydrogen-bond acceptors (Lipinski definition) is 5. The highest BCUT2D eigenvalue weighted by molar-refractivity contribution is 6.01. The van der Waals surface area contributed by atoms with Gasteiger partial charge in [0.2, 0.25) is 11.8 Å². The van der Waals surface area contributed by atoms with E-state index in [1.165, 1.54) is 4.90 Å². The molecule has 2 aliphatic heterocycles. The molecule has 2 heterocycles. The molecular formula is C39H45N3O6. The monoisotopic (exact) mass is 651 g/mol. The number of fused-ring (bicyclic) bond motifs is 2. The molecule has 2 unspecified atom stereocenters. The highest BCUT2D eigenvalue weighted by atomic mass is 16.6. The van der Waals surface area contributed by atoms with Crippen LogP contribution in [0.2, 0.25) is 0 Å². The Balaban J connectivity index is 1.29. The number of aliphatic carboxylic acids is 1. The number of benzene rings is 3. The van der Waals surface area contributed by atoms with Crippen LogP contribution in [0.15, 0.2) is 72.8 Å². The molecule has 3 aliphatic rings. The summed E-state index contributed by atoms with van der Waals surface area (Å²) < 4.78 is 5.99. The molecule has 0 spiro atoms. The SMILES string of the molecule is Cc1cccc(CCN(CC(=O)N2C(CC(=O)O)Cc3ccccc3C2C)C(=O)[C@H]2Cc3ccccc3N2C(=O)OC2CCCCC2)c1. The second-order valence-electron chi connectivity index (χ2n) is 13.5. The molecule has 1 N–H and O–H groups in total. The van der Waals surface area contributed by atoms with Gasteiger partial charge in [0.25, 0.3) is 0 Å².